The number of aryl methyl sites for hydroxylation is 1. The monoisotopic (exact) mass is 526 g/mol. The molecule has 0 unspecified atom stereocenters. The lowest BCUT2D eigenvalue weighted by Gasteiger charge is -2.24. The van der Waals surface area contributed by atoms with Crippen molar-refractivity contribution in [3.63, 3.8) is 0 Å². The third kappa shape index (κ3) is 6.00. The number of ether oxygens (including phenoxy) is 2. The zero-order valence-electron chi connectivity index (χ0n) is 20.8. The summed E-state index contributed by atoms with van der Waals surface area (Å²) in [6.45, 7) is 1.74. The molecule has 0 radical (unpaired) electrons. The molecule has 0 saturated heterocycles. The quantitative estimate of drug-likeness (QED) is 0.408. The van der Waals surface area contributed by atoms with Crippen molar-refractivity contribution in [2.24, 2.45) is 5.92 Å². The van der Waals surface area contributed by atoms with E-state index in [1.807, 2.05) is 36.4 Å². The first-order valence-electron chi connectivity index (χ1n) is 12.0. The van der Waals surface area contributed by atoms with E-state index in [9.17, 15) is 19.2 Å². The van der Waals surface area contributed by atoms with Gasteiger partial charge in [0, 0.05) is 18.5 Å². The van der Waals surface area contributed by atoms with E-state index in [0.717, 1.165) is 35.3 Å². The van der Waals surface area contributed by atoms with Crippen LogP contribution in [0.2, 0.25) is 0 Å². The largest absolute Gasteiger partial charge is 0.451 e. The predicted octanol–water partition coefficient (Wildman–Crippen LogP) is 2.19. The number of carbonyl (C=O) groups is 2. The average molecular weight is 527 g/mol. The molecule has 11 heteroatoms. The number of anilines is 2. The van der Waals surface area contributed by atoms with E-state index < -0.39 is 29.7 Å². The number of hydrogen-bond acceptors (Lipinski definition) is 8. The van der Waals surface area contributed by atoms with Gasteiger partial charge in [-0.25, -0.2) is 9.59 Å². The molecule has 4 rings (SSSR count). The van der Waals surface area contributed by atoms with Gasteiger partial charge in [0.2, 0.25) is 0 Å². The minimum Gasteiger partial charge on any atom is -0.451 e. The zero-order valence-corrected chi connectivity index (χ0v) is 21.6. The van der Waals surface area contributed by atoms with Gasteiger partial charge < -0.3 is 15.2 Å². The third-order valence-corrected chi connectivity index (χ3v) is 7.56. The van der Waals surface area contributed by atoms with Gasteiger partial charge in [-0.1, -0.05) is 37.3 Å². The number of nitrogens with zero attached hydrogens (tertiary/aromatic N) is 2. The van der Waals surface area contributed by atoms with Gasteiger partial charge in [0.05, 0.1) is 13.2 Å². The van der Waals surface area contributed by atoms with E-state index >= 15 is 0 Å². The Morgan fingerprint density at radius 1 is 1.24 bits per heavy atom. The van der Waals surface area contributed by atoms with Crippen LogP contribution in [0.5, 0.6) is 0 Å². The van der Waals surface area contributed by atoms with Gasteiger partial charge in [-0.15, -0.1) is 11.3 Å². The highest BCUT2D eigenvalue weighted by Gasteiger charge is 2.26. The number of rotatable bonds is 9. The van der Waals surface area contributed by atoms with E-state index in [1.165, 1.54) is 27.9 Å². The van der Waals surface area contributed by atoms with Crippen molar-refractivity contribution in [2.45, 2.75) is 32.7 Å². The van der Waals surface area contributed by atoms with Gasteiger partial charge in [0.25, 0.3) is 11.5 Å². The Labute approximate surface area is 217 Å². The summed E-state index contributed by atoms with van der Waals surface area (Å²) in [5.74, 6) is -0.866. The molecule has 2 heterocycles. The normalized spacial score (nSPS) is 14.7. The van der Waals surface area contributed by atoms with Crippen LogP contribution < -0.4 is 21.9 Å². The first kappa shape index (κ1) is 26.4. The van der Waals surface area contributed by atoms with Crippen LogP contribution in [0.4, 0.5) is 11.5 Å². The number of nitrogen functional groups attached to an aromatic ring is 1. The molecule has 3 aromatic rings. The number of aromatic nitrogens is 2. The van der Waals surface area contributed by atoms with Crippen LogP contribution in [-0.2, 0) is 33.7 Å². The number of thiophene rings is 1. The minimum absolute atomic E-state index is 0.0328. The van der Waals surface area contributed by atoms with Gasteiger partial charge in [0.1, 0.15) is 10.7 Å². The lowest BCUT2D eigenvalue weighted by atomic mass is 9.90. The fraction of sp³-hybridized carbons (Fsp3) is 0.385. The number of methoxy groups -OCH3 is 1. The number of nitrogens with one attached hydrogen (secondary N) is 1. The smallest absolute Gasteiger partial charge is 0.348 e. The van der Waals surface area contributed by atoms with Crippen LogP contribution in [-0.4, -0.2) is 48.3 Å². The summed E-state index contributed by atoms with van der Waals surface area (Å²) in [4.78, 5) is 56.2. The van der Waals surface area contributed by atoms with Crippen LogP contribution in [0.15, 0.2) is 46.0 Å². The number of benzene rings is 1. The Balaban J connectivity index is 1.55. The third-order valence-electron chi connectivity index (χ3n) is 6.34. The van der Waals surface area contributed by atoms with E-state index in [1.54, 1.807) is 0 Å². The maximum Gasteiger partial charge on any atom is 0.348 e. The molecule has 1 aliphatic rings. The number of nitrogens with two attached hydrogens (primary N) is 1. The first-order chi connectivity index (χ1) is 17.8. The maximum atomic E-state index is 13.2. The summed E-state index contributed by atoms with van der Waals surface area (Å²) in [5.41, 5.74) is 6.48. The Bertz CT molecular complexity index is 1390. The van der Waals surface area contributed by atoms with Crippen LogP contribution in [0.25, 0.3) is 0 Å². The van der Waals surface area contributed by atoms with E-state index in [0.29, 0.717) is 10.8 Å². The predicted molar refractivity (Wildman–Crippen MR) is 141 cm³/mol. The topological polar surface area (TPSA) is 137 Å². The molecule has 0 spiro atoms. The van der Waals surface area contributed by atoms with Gasteiger partial charge in [-0.3, -0.25) is 24.0 Å². The Hall–Kier alpha value is -3.70. The highest BCUT2D eigenvalue weighted by atomic mass is 32.1. The number of aromatic amines is 1. The molecule has 0 aliphatic heterocycles. The molecule has 3 N–H and O–H groups in total. The van der Waals surface area contributed by atoms with E-state index in [-0.39, 0.29) is 31.2 Å². The summed E-state index contributed by atoms with van der Waals surface area (Å²) < 4.78 is 11.6. The molecule has 1 aromatic carbocycles. The number of esters is 1. The molecule has 0 saturated carbocycles. The van der Waals surface area contributed by atoms with Crippen LogP contribution in [0.1, 0.15) is 39.0 Å². The Morgan fingerprint density at radius 3 is 2.73 bits per heavy atom. The number of hydrogen-bond donors (Lipinski definition) is 2. The van der Waals surface area contributed by atoms with Gasteiger partial charge in [-0.05, 0) is 42.4 Å². The number of fused-ring (bicyclic) bond motifs is 1. The minimum atomic E-state index is -0.817. The van der Waals surface area contributed by atoms with Crippen molar-refractivity contribution in [1.29, 1.82) is 0 Å². The number of carbonyl (C=O) groups excluding carboxylic acids is 2. The highest BCUT2D eigenvalue weighted by molar-refractivity contribution is 7.14. The Kier molecular flexibility index (Phi) is 8.24. The summed E-state index contributed by atoms with van der Waals surface area (Å²) in [6.07, 6.45) is 2.93. The first-order valence-corrected chi connectivity index (χ1v) is 12.8. The van der Waals surface area contributed by atoms with Crippen molar-refractivity contribution in [1.82, 2.24) is 9.55 Å². The maximum absolute atomic E-state index is 13.2. The van der Waals surface area contributed by atoms with Crippen molar-refractivity contribution in [2.75, 3.05) is 37.5 Å². The van der Waals surface area contributed by atoms with E-state index in [2.05, 4.69) is 11.9 Å². The standard InChI is InChI=1S/C26H30N4O6S/c1-16-8-9-19-18(12-16)13-20(37-19)25(33)36-15-21(31)29(10-11-35-2)22-23(27)30(26(34)28-24(22)32)14-17-6-4-3-5-7-17/h3-7,13,16H,8-12,14-15,27H2,1-2H3,(H,28,32,34)/t16-/m0/s1. The lowest BCUT2D eigenvalue weighted by molar-refractivity contribution is -0.121. The molecule has 10 nitrogen and oxygen atoms in total. The number of amides is 1. The molecule has 0 bridgehead atoms. The van der Waals surface area contributed by atoms with Crippen molar-refractivity contribution >= 4 is 34.7 Å². The van der Waals surface area contributed by atoms with Crippen LogP contribution in [0.3, 0.4) is 0 Å². The summed E-state index contributed by atoms with van der Waals surface area (Å²) in [7, 11) is 1.45. The van der Waals surface area contributed by atoms with Gasteiger partial charge >= 0.3 is 11.7 Å². The Morgan fingerprint density at radius 2 is 2.00 bits per heavy atom. The highest BCUT2D eigenvalue weighted by Crippen LogP contribution is 2.32. The van der Waals surface area contributed by atoms with Crippen molar-refractivity contribution in [3.8, 4) is 0 Å². The molecule has 37 heavy (non-hydrogen) atoms. The summed E-state index contributed by atoms with van der Waals surface area (Å²) in [6, 6.07) is 10.9. The summed E-state index contributed by atoms with van der Waals surface area (Å²) in [5, 5.41) is 0. The lowest BCUT2D eigenvalue weighted by Crippen LogP contribution is -2.44. The number of H-pyrrole nitrogens is 1. The second-order valence-corrected chi connectivity index (χ2v) is 10.2. The molecule has 196 valence electrons. The molecule has 0 fully saturated rings. The van der Waals surface area contributed by atoms with Crippen LogP contribution >= 0.6 is 11.3 Å². The zero-order chi connectivity index (χ0) is 26.5. The fourth-order valence-corrected chi connectivity index (χ4v) is 5.49. The molecular formula is C26H30N4O6S. The average Bonchev–Trinajstić information content (AvgIpc) is 3.30. The fourth-order valence-electron chi connectivity index (χ4n) is 4.39. The molecule has 2 aromatic heterocycles. The molecular weight excluding hydrogens is 496 g/mol. The van der Waals surface area contributed by atoms with Crippen LogP contribution in [0, 0.1) is 5.92 Å². The molecule has 1 aliphatic carbocycles. The second kappa shape index (κ2) is 11.6. The van der Waals surface area contributed by atoms with Gasteiger partial charge in [0.15, 0.2) is 12.3 Å². The molecule has 1 atom stereocenters. The SMILES string of the molecule is COCCN(C(=O)COC(=O)c1cc2c(s1)CC[C@H](C)C2)c1c(N)n(Cc2ccccc2)c(=O)[nH]c1=O. The summed E-state index contributed by atoms with van der Waals surface area (Å²) >= 11 is 1.39. The van der Waals surface area contributed by atoms with Crippen molar-refractivity contribution < 1.29 is 19.1 Å². The van der Waals surface area contributed by atoms with E-state index in [4.69, 9.17) is 15.2 Å². The molecule has 1 amide bonds. The van der Waals surface area contributed by atoms with Gasteiger partial charge in [-0.2, -0.15) is 0 Å². The second-order valence-electron chi connectivity index (χ2n) is 9.09. The van der Waals surface area contributed by atoms with Crippen molar-refractivity contribution in [3.05, 3.63) is 78.1 Å².